The van der Waals surface area contributed by atoms with Gasteiger partial charge in [-0.2, -0.15) is 0 Å². The molecule has 0 bridgehead atoms. The van der Waals surface area contributed by atoms with E-state index in [1.807, 2.05) is 38.1 Å². The topological polar surface area (TPSA) is 47.7 Å². The van der Waals surface area contributed by atoms with Crippen LogP contribution in [0.3, 0.4) is 0 Å². The molecule has 0 unspecified atom stereocenters. The van der Waals surface area contributed by atoms with Gasteiger partial charge in [0.15, 0.2) is 0 Å². The Labute approximate surface area is 204 Å². The summed E-state index contributed by atoms with van der Waals surface area (Å²) in [6, 6.07) is 21.7. The summed E-state index contributed by atoms with van der Waals surface area (Å²) in [7, 11) is 2.25. The Kier molecular flexibility index (Phi) is 8.12. The predicted octanol–water partition coefficient (Wildman–Crippen LogP) is 7.16. The summed E-state index contributed by atoms with van der Waals surface area (Å²) >= 11 is 0. The molecular weight excluding hydrogens is 420 g/mol. The van der Waals surface area contributed by atoms with Crippen molar-refractivity contribution in [2.75, 3.05) is 26.0 Å². The molecule has 180 valence electrons. The molecule has 1 aliphatic carbocycles. The fourth-order valence-corrected chi connectivity index (χ4v) is 4.98. The van der Waals surface area contributed by atoms with E-state index in [9.17, 15) is 0 Å². The van der Waals surface area contributed by atoms with Crippen molar-refractivity contribution in [3.63, 3.8) is 0 Å². The zero-order chi connectivity index (χ0) is 23.9. The van der Waals surface area contributed by atoms with E-state index in [4.69, 9.17) is 15.2 Å². The van der Waals surface area contributed by atoms with Crippen LogP contribution in [0.4, 0.5) is 5.69 Å². The summed E-state index contributed by atoms with van der Waals surface area (Å²) in [5.74, 6) is 1.77. The van der Waals surface area contributed by atoms with Crippen LogP contribution in [-0.4, -0.2) is 31.2 Å². The van der Waals surface area contributed by atoms with Gasteiger partial charge in [0.05, 0.1) is 13.2 Å². The molecule has 2 N–H and O–H groups in total. The van der Waals surface area contributed by atoms with Gasteiger partial charge >= 0.3 is 0 Å². The number of nitrogen functional groups attached to an aromatic ring is 1. The van der Waals surface area contributed by atoms with Crippen LogP contribution < -0.4 is 15.2 Å². The maximum Gasteiger partial charge on any atom is 0.119 e. The maximum absolute atomic E-state index is 6.82. The molecule has 4 rings (SSSR count). The van der Waals surface area contributed by atoms with Gasteiger partial charge in [-0.3, -0.25) is 4.90 Å². The van der Waals surface area contributed by atoms with E-state index in [2.05, 4.69) is 48.3 Å². The Morgan fingerprint density at radius 3 is 1.88 bits per heavy atom. The van der Waals surface area contributed by atoms with Gasteiger partial charge in [-0.05, 0) is 92.4 Å². The van der Waals surface area contributed by atoms with Gasteiger partial charge in [-0.25, -0.2) is 0 Å². The highest BCUT2D eigenvalue weighted by Gasteiger charge is 2.20. The van der Waals surface area contributed by atoms with Gasteiger partial charge in [0, 0.05) is 23.8 Å². The summed E-state index contributed by atoms with van der Waals surface area (Å²) in [5, 5.41) is 0. The number of rotatable bonds is 9. The number of nitrogens with zero attached hydrogens (tertiary/aromatic N) is 1. The van der Waals surface area contributed by atoms with Crippen molar-refractivity contribution in [2.45, 2.75) is 58.5 Å². The molecule has 0 saturated heterocycles. The third kappa shape index (κ3) is 5.74. The third-order valence-electron chi connectivity index (χ3n) is 6.86. The van der Waals surface area contributed by atoms with Crippen molar-refractivity contribution in [1.82, 2.24) is 4.90 Å². The number of benzene rings is 3. The molecule has 1 aliphatic rings. The molecule has 1 fully saturated rings. The van der Waals surface area contributed by atoms with Crippen molar-refractivity contribution < 1.29 is 9.47 Å². The van der Waals surface area contributed by atoms with E-state index in [1.165, 1.54) is 43.2 Å². The average Bonchev–Trinajstić information content (AvgIpc) is 2.87. The van der Waals surface area contributed by atoms with E-state index >= 15 is 0 Å². The van der Waals surface area contributed by atoms with Gasteiger partial charge in [-0.1, -0.05) is 43.5 Å². The zero-order valence-electron chi connectivity index (χ0n) is 20.8. The summed E-state index contributed by atoms with van der Waals surface area (Å²) in [6.45, 7) is 6.19. The molecule has 0 spiro atoms. The number of anilines is 1. The molecule has 0 atom stereocenters. The minimum absolute atomic E-state index is 0.635. The summed E-state index contributed by atoms with van der Waals surface area (Å²) in [5.41, 5.74) is 13.4. The van der Waals surface area contributed by atoms with Crippen molar-refractivity contribution in [2.24, 2.45) is 0 Å². The van der Waals surface area contributed by atoms with Crippen LogP contribution in [0.25, 0.3) is 22.3 Å². The Morgan fingerprint density at radius 1 is 0.765 bits per heavy atom. The minimum atomic E-state index is 0.635. The van der Waals surface area contributed by atoms with Crippen LogP contribution in [-0.2, 0) is 6.54 Å². The molecule has 4 heteroatoms. The zero-order valence-corrected chi connectivity index (χ0v) is 20.8. The van der Waals surface area contributed by atoms with Gasteiger partial charge in [0.25, 0.3) is 0 Å². The molecule has 0 aromatic heterocycles. The lowest BCUT2D eigenvalue weighted by atomic mass is 9.92. The summed E-state index contributed by atoms with van der Waals surface area (Å²) in [4.78, 5) is 2.49. The Morgan fingerprint density at radius 2 is 1.32 bits per heavy atom. The second-order valence-electron chi connectivity index (χ2n) is 9.22. The Bertz CT molecular complexity index is 1050. The van der Waals surface area contributed by atoms with Crippen LogP contribution in [0.1, 0.15) is 51.5 Å². The van der Waals surface area contributed by atoms with Gasteiger partial charge in [0.2, 0.25) is 0 Å². The van der Waals surface area contributed by atoms with E-state index in [1.54, 1.807) is 0 Å². The smallest absolute Gasteiger partial charge is 0.119 e. The lowest BCUT2D eigenvalue weighted by Gasteiger charge is -2.32. The van der Waals surface area contributed by atoms with E-state index in [0.717, 1.165) is 40.4 Å². The first-order valence-electron chi connectivity index (χ1n) is 12.7. The largest absolute Gasteiger partial charge is 0.494 e. The standard InChI is InChI=1S/C30H38N2O2/c1-4-33-27-15-11-22(12-16-27)24-19-25(21-32(3)26-9-7-6-8-10-26)30(31)29(20-24)23-13-17-28(18-14-23)34-5-2/h11-20,26H,4-10,21,31H2,1-3H3. The Balaban J connectivity index is 1.71. The van der Waals surface area contributed by atoms with Crippen molar-refractivity contribution in [3.8, 4) is 33.8 Å². The van der Waals surface area contributed by atoms with E-state index in [-0.39, 0.29) is 0 Å². The van der Waals surface area contributed by atoms with E-state index < -0.39 is 0 Å². The average molecular weight is 459 g/mol. The molecule has 34 heavy (non-hydrogen) atoms. The number of nitrogens with two attached hydrogens (primary N) is 1. The maximum atomic E-state index is 6.82. The predicted molar refractivity (Wildman–Crippen MR) is 142 cm³/mol. The molecule has 0 aliphatic heterocycles. The highest BCUT2D eigenvalue weighted by Crippen LogP contribution is 2.36. The van der Waals surface area contributed by atoms with Gasteiger partial charge in [-0.15, -0.1) is 0 Å². The quantitative estimate of drug-likeness (QED) is 0.345. The molecule has 1 saturated carbocycles. The first-order chi connectivity index (χ1) is 16.6. The first-order valence-corrected chi connectivity index (χ1v) is 12.7. The van der Waals surface area contributed by atoms with Crippen LogP contribution in [0.5, 0.6) is 11.5 Å². The minimum Gasteiger partial charge on any atom is -0.494 e. The fourth-order valence-electron chi connectivity index (χ4n) is 4.98. The van der Waals surface area contributed by atoms with Crippen LogP contribution in [0, 0.1) is 0 Å². The molecule has 0 radical (unpaired) electrons. The normalized spacial score (nSPS) is 14.4. The van der Waals surface area contributed by atoms with Crippen molar-refractivity contribution in [1.29, 1.82) is 0 Å². The van der Waals surface area contributed by atoms with Crippen LogP contribution in [0.15, 0.2) is 60.7 Å². The highest BCUT2D eigenvalue weighted by molar-refractivity contribution is 5.84. The van der Waals surface area contributed by atoms with Crippen molar-refractivity contribution in [3.05, 3.63) is 66.2 Å². The monoisotopic (exact) mass is 458 g/mol. The molecular formula is C30H38N2O2. The first kappa shape index (κ1) is 24.2. The van der Waals surface area contributed by atoms with Gasteiger partial charge in [0.1, 0.15) is 11.5 Å². The van der Waals surface area contributed by atoms with Gasteiger partial charge < -0.3 is 15.2 Å². The second-order valence-corrected chi connectivity index (χ2v) is 9.22. The fraction of sp³-hybridized carbons (Fsp3) is 0.400. The summed E-state index contributed by atoms with van der Waals surface area (Å²) in [6.07, 6.45) is 6.57. The Hall–Kier alpha value is -2.98. The highest BCUT2D eigenvalue weighted by atomic mass is 16.5. The number of hydrogen-bond donors (Lipinski definition) is 1. The summed E-state index contributed by atoms with van der Waals surface area (Å²) < 4.78 is 11.3. The third-order valence-corrected chi connectivity index (χ3v) is 6.86. The molecule has 3 aromatic rings. The molecule has 0 amide bonds. The number of ether oxygens (including phenoxy) is 2. The van der Waals surface area contributed by atoms with E-state index in [0.29, 0.717) is 19.3 Å². The van der Waals surface area contributed by atoms with Crippen LogP contribution >= 0.6 is 0 Å². The lowest BCUT2D eigenvalue weighted by Crippen LogP contribution is -2.33. The number of hydrogen-bond acceptors (Lipinski definition) is 4. The molecule has 0 heterocycles. The van der Waals surface area contributed by atoms with Crippen LogP contribution in [0.2, 0.25) is 0 Å². The SMILES string of the molecule is CCOc1ccc(-c2cc(CN(C)C3CCCCC3)c(N)c(-c3ccc(OCC)cc3)c2)cc1. The lowest BCUT2D eigenvalue weighted by molar-refractivity contribution is 0.185. The van der Waals surface area contributed by atoms with Crippen molar-refractivity contribution >= 4 is 5.69 Å². The second kappa shape index (κ2) is 11.4. The molecule has 4 nitrogen and oxygen atoms in total. The molecule has 3 aromatic carbocycles.